The summed E-state index contributed by atoms with van der Waals surface area (Å²) in [5.41, 5.74) is 0.501. The molecular weight excluding hydrogens is 220 g/mol. The molecule has 1 saturated carbocycles. The van der Waals surface area contributed by atoms with Crippen LogP contribution in [0.25, 0.3) is 0 Å². The first-order valence-electron chi connectivity index (χ1n) is 6.04. The van der Waals surface area contributed by atoms with Crippen LogP contribution in [0, 0.1) is 22.0 Å². The van der Waals surface area contributed by atoms with Crippen LogP contribution in [0.1, 0.15) is 33.1 Å². The molecule has 1 fully saturated rings. The second-order valence-corrected chi connectivity index (χ2v) is 4.91. The van der Waals surface area contributed by atoms with Gasteiger partial charge < -0.3 is 15.4 Å². The number of nitro groups is 1. The molecule has 1 aromatic heterocycles. The van der Waals surface area contributed by atoms with Crippen LogP contribution in [0.5, 0.6) is 0 Å². The lowest BCUT2D eigenvalue weighted by atomic mass is 9.78. The Morgan fingerprint density at radius 3 is 3.00 bits per heavy atom. The van der Waals surface area contributed by atoms with Crippen LogP contribution in [-0.2, 0) is 0 Å². The number of hydrogen-bond acceptors (Lipinski definition) is 4. The molecule has 0 aromatic carbocycles. The van der Waals surface area contributed by atoms with Crippen molar-refractivity contribution in [2.24, 2.45) is 11.8 Å². The quantitative estimate of drug-likeness (QED) is 0.626. The van der Waals surface area contributed by atoms with E-state index in [0.29, 0.717) is 23.6 Å². The summed E-state index contributed by atoms with van der Waals surface area (Å²) in [5.74, 6) is 1.14. The molecule has 1 aromatic rings. The Hall–Kier alpha value is -1.59. The average Bonchev–Trinajstić information content (AvgIpc) is 2.73. The van der Waals surface area contributed by atoms with Gasteiger partial charge >= 0.3 is 5.82 Å². The molecule has 0 spiro atoms. The van der Waals surface area contributed by atoms with E-state index in [9.17, 15) is 10.1 Å². The molecule has 2 N–H and O–H groups in total. The Morgan fingerprint density at radius 2 is 2.29 bits per heavy atom. The molecule has 17 heavy (non-hydrogen) atoms. The number of aromatic amines is 1. The van der Waals surface area contributed by atoms with Gasteiger partial charge in [-0.2, -0.15) is 0 Å². The molecule has 1 aliphatic rings. The van der Waals surface area contributed by atoms with Crippen LogP contribution in [0.15, 0.2) is 6.20 Å². The molecule has 94 valence electrons. The zero-order valence-electron chi connectivity index (χ0n) is 10.1. The number of anilines is 1. The van der Waals surface area contributed by atoms with E-state index in [4.69, 9.17) is 0 Å². The lowest BCUT2D eigenvalue weighted by molar-refractivity contribution is -0.388. The van der Waals surface area contributed by atoms with Crippen molar-refractivity contribution >= 4 is 11.5 Å². The fourth-order valence-corrected chi connectivity index (χ4v) is 2.51. The molecule has 1 heterocycles. The third kappa shape index (κ3) is 2.40. The van der Waals surface area contributed by atoms with Crippen LogP contribution in [0.4, 0.5) is 11.5 Å². The van der Waals surface area contributed by atoms with Crippen molar-refractivity contribution in [2.45, 2.75) is 39.2 Å². The van der Waals surface area contributed by atoms with Crippen LogP contribution in [0.3, 0.4) is 0 Å². The largest absolute Gasteiger partial charge is 0.374 e. The molecule has 3 unspecified atom stereocenters. The van der Waals surface area contributed by atoms with Gasteiger partial charge in [-0.05, 0) is 23.2 Å². The Balaban J connectivity index is 2.09. The number of H-pyrrole nitrogens is 1. The molecule has 0 radical (unpaired) electrons. The minimum absolute atomic E-state index is 0.0459. The van der Waals surface area contributed by atoms with Gasteiger partial charge in [0.15, 0.2) is 5.69 Å². The highest BCUT2D eigenvalue weighted by atomic mass is 16.6. The normalized spacial score (nSPS) is 28.9. The van der Waals surface area contributed by atoms with Crippen LogP contribution in [-0.4, -0.2) is 21.2 Å². The monoisotopic (exact) mass is 238 g/mol. The third-order valence-corrected chi connectivity index (χ3v) is 3.85. The van der Waals surface area contributed by atoms with Crippen molar-refractivity contribution in [3.63, 3.8) is 0 Å². The summed E-state index contributed by atoms with van der Waals surface area (Å²) in [6.07, 6.45) is 4.97. The number of aromatic nitrogens is 2. The maximum absolute atomic E-state index is 10.8. The van der Waals surface area contributed by atoms with Gasteiger partial charge in [-0.3, -0.25) is 0 Å². The highest BCUT2D eigenvalue weighted by Gasteiger charge is 2.28. The van der Waals surface area contributed by atoms with Crippen molar-refractivity contribution < 1.29 is 4.92 Å². The van der Waals surface area contributed by atoms with E-state index in [0.717, 1.165) is 6.42 Å². The summed E-state index contributed by atoms with van der Waals surface area (Å²) in [6, 6.07) is 0.301. The number of hydrogen-bond donors (Lipinski definition) is 2. The van der Waals surface area contributed by atoms with Crippen molar-refractivity contribution in [3.8, 4) is 0 Å². The maximum atomic E-state index is 10.8. The van der Waals surface area contributed by atoms with Crippen LogP contribution >= 0.6 is 0 Å². The van der Waals surface area contributed by atoms with Gasteiger partial charge in [0.25, 0.3) is 0 Å². The zero-order chi connectivity index (χ0) is 12.4. The third-order valence-electron chi connectivity index (χ3n) is 3.85. The van der Waals surface area contributed by atoms with E-state index in [1.165, 1.54) is 19.0 Å². The predicted octanol–water partition coefficient (Wildman–Crippen LogP) is 2.55. The van der Waals surface area contributed by atoms with Gasteiger partial charge in [0.05, 0.1) is 0 Å². The Labute approximate surface area is 99.9 Å². The second kappa shape index (κ2) is 4.73. The zero-order valence-corrected chi connectivity index (χ0v) is 10.1. The summed E-state index contributed by atoms with van der Waals surface area (Å²) >= 11 is 0. The highest BCUT2D eigenvalue weighted by Crippen LogP contribution is 2.33. The predicted molar refractivity (Wildman–Crippen MR) is 64.8 cm³/mol. The van der Waals surface area contributed by atoms with Gasteiger partial charge in [0.2, 0.25) is 0 Å². The first-order chi connectivity index (χ1) is 8.09. The number of rotatable bonds is 3. The van der Waals surface area contributed by atoms with Crippen LogP contribution in [0.2, 0.25) is 0 Å². The molecule has 0 bridgehead atoms. The molecule has 0 saturated heterocycles. The lowest BCUT2D eigenvalue weighted by Crippen LogP contribution is -2.35. The Morgan fingerprint density at radius 1 is 1.53 bits per heavy atom. The van der Waals surface area contributed by atoms with Crippen molar-refractivity contribution in [3.05, 3.63) is 16.3 Å². The van der Waals surface area contributed by atoms with Gasteiger partial charge in [-0.25, -0.2) is 0 Å². The molecule has 2 rings (SSSR count). The molecule has 1 aliphatic carbocycles. The van der Waals surface area contributed by atoms with E-state index in [2.05, 4.69) is 29.4 Å². The second-order valence-electron chi connectivity index (χ2n) is 4.91. The minimum Gasteiger partial charge on any atom is -0.374 e. The van der Waals surface area contributed by atoms with Gasteiger partial charge in [0.1, 0.15) is 6.20 Å². The number of nitrogens with zero attached hydrogens (tertiary/aromatic N) is 2. The maximum Gasteiger partial charge on any atom is 0.366 e. The van der Waals surface area contributed by atoms with Gasteiger partial charge in [0, 0.05) is 6.04 Å². The summed E-state index contributed by atoms with van der Waals surface area (Å²) in [7, 11) is 0. The smallest absolute Gasteiger partial charge is 0.366 e. The first kappa shape index (κ1) is 11.9. The minimum atomic E-state index is -0.438. The SMILES string of the molecule is CC1CCCC(Nc2cn[nH]c2[N+](=O)[O-])C1C. The Kier molecular flexibility index (Phi) is 3.31. The molecule has 0 amide bonds. The highest BCUT2D eigenvalue weighted by molar-refractivity contribution is 5.56. The van der Waals surface area contributed by atoms with E-state index in [-0.39, 0.29) is 5.82 Å². The summed E-state index contributed by atoms with van der Waals surface area (Å²) < 4.78 is 0. The fraction of sp³-hybridized carbons (Fsp3) is 0.727. The summed E-state index contributed by atoms with van der Waals surface area (Å²) in [6.45, 7) is 4.44. The number of nitrogens with one attached hydrogen (secondary N) is 2. The molecule has 6 nitrogen and oxygen atoms in total. The molecular formula is C11H18N4O2. The van der Waals surface area contributed by atoms with Gasteiger partial charge in [-0.15, -0.1) is 5.10 Å². The topological polar surface area (TPSA) is 83.8 Å². The molecule has 6 heteroatoms. The first-order valence-corrected chi connectivity index (χ1v) is 6.04. The van der Waals surface area contributed by atoms with E-state index in [1.807, 2.05) is 0 Å². The van der Waals surface area contributed by atoms with Crippen molar-refractivity contribution in [2.75, 3.05) is 5.32 Å². The standard InChI is InChI=1S/C11H18N4O2/c1-7-4-3-5-9(8(7)2)13-10-6-12-14-11(10)15(16)17/h6-9,13H,3-5H2,1-2H3,(H,12,14). The average molecular weight is 238 g/mol. The van der Waals surface area contributed by atoms with E-state index < -0.39 is 4.92 Å². The van der Waals surface area contributed by atoms with Crippen molar-refractivity contribution in [1.82, 2.24) is 10.2 Å². The Bertz CT molecular complexity index is 404. The van der Waals surface area contributed by atoms with E-state index >= 15 is 0 Å². The summed E-state index contributed by atoms with van der Waals surface area (Å²) in [4.78, 5) is 10.3. The van der Waals surface area contributed by atoms with Crippen molar-refractivity contribution in [1.29, 1.82) is 0 Å². The molecule has 0 aliphatic heterocycles. The van der Waals surface area contributed by atoms with Gasteiger partial charge in [-0.1, -0.05) is 31.8 Å². The van der Waals surface area contributed by atoms with E-state index in [1.54, 1.807) is 0 Å². The summed E-state index contributed by atoms with van der Waals surface area (Å²) in [5, 5.41) is 20.2. The lowest BCUT2D eigenvalue weighted by Gasteiger charge is -2.34. The fourth-order valence-electron chi connectivity index (χ4n) is 2.51. The molecule has 3 atom stereocenters. The van der Waals surface area contributed by atoms with Crippen LogP contribution < -0.4 is 5.32 Å².